The third-order valence-electron chi connectivity index (χ3n) is 6.62. The van der Waals surface area contributed by atoms with Gasteiger partial charge in [0.1, 0.15) is 18.2 Å². The van der Waals surface area contributed by atoms with E-state index >= 15 is 0 Å². The van der Waals surface area contributed by atoms with Crippen molar-refractivity contribution < 1.29 is 9.15 Å². The maximum absolute atomic E-state index is 11.5. The first-order valence-electron chi connectivity index (χ1n) is 12.2. The lowest BCUT2D eigenvalue weighted by Gasteiger charge is -2.13. The molecule has 7 heteroatoms. The maximum Gasteiger partial charge on any atom is 0.434 e. The third-order valence-corrected chi connectivity index (χ3v) is 6.62. The van der Waals surface area contributed by atoms with Crippen molar-refractivity contribution in [1.82, 2.24) is 19.7 Å². The molecule has 0 bridgehead atoms. The number of aromatic nitrogens is 4. The minimum Gasteiger partial charge on any atom is -0.488 e. The fourth-order valence-corrected chi connectivity index (χ4v) is 4.93. The first kappa shape index (κ1) is 22.1. The SMILES string of the molecule is CCCc1nc2c(C)cccc2n1Cc1ccc2c(c1)COc1ccccc1C2=Cc1n[nH]c(=O)o1. The topological polar surface area (TPSA) is 85.9 Å². The largest absolute Gasteiger partial charge is 0.488 e. The van der Waals surface area contributed by atoms with Crippen LogP contribution in [0.5, 0.6) is 5.75 Å². The number of ether oxygens (including phenoxy) is 1. The van der Waals surface area contributed by atoms with Crippen LogP contribution in [0.15, 0.2) is 69.9 Å². The lowest BCUT2D eigenvalue weighted by Crippen LogP contribution is -2.06. The molecule has 5 aromatic rings. The molecule has 0 amide bonds. The molecule has 0 spiro atoms. The summed E-state index contributed by atoms with van der Waals surface area (Å²) in [6, 6.07) is 20.7. The number of imidazole rings is 1. The van der Waals surface area contributed by atoms with Crippen LogP contribution < -0.4 is 10.5 Å². The van der Waals surface area contributed by atoms with Gasteiger partial charge in [0.15, 0.2) is 0 Å². The lowest BCUT2D eigenvalue weighted by atomic mass is 9.92. The molecule has 3 heterocycles. The number of benzene rings is 3. The van der Waals surface area contributed by atoms with Gasteiger partial charge in [0, 0.05) is 24.6 Å². The van der Waals surface area contributed by atoms with E-state index in [2.05, 4.69) is 65.0 Å². The highest BCUT2D eigenvalue weighted by Gasteiger charge is 2.21. The molecule has 0 saturated heterocycles. The van der Waals surface area contributed by atoms with Crippen molar-refractivity contribution in [2.75, 3.05) is 0 Å². The van der Waals surface area contributed by atoms with Gasteiger partial charge in [-0.25, -0.2) is 14.9 Å². The molecule has 0 fully saturated rings. The zero-order chi connectivity index (χ0) is 24.6. The molecular weight excluding hydrogens is 452 g/mol. The van der Waals surface area contributed by atoms with Crippen molar-refractivity contribution in [1.29, 1.82) is 0 Å². The van der Waals surface area contributed by atoms with Crippen LogP contribution >= 0.6 is 0 Å². The molecule has 0 atom stereocenters. The third kappa shape index (κ3) is 3.92. The van der Waals surface area contributed by atoms with E-state index in [1.54, 1.807) is 6.08 Å². The average Bonchev–Trinajstić information content (AvgIpc) is 3.41. The van der Waals surface area contributed by atoms with Crippen LogP contribution in [0.3, 0.4) is 0 Å². The van der Waals surface area contributed by atoms with Gasteiger partial charge < -0.3 is 13.7 Å². The second kappa shape index (κ2) is 9.00. The van der Waals surface area contributed by atoms with Crippen molar-refractivity contribution in [3.05, 3.63) is 111 Å². The van der Waals surface area contributed by atoms with Gasteiger partial charge in [0.25, 0.3) is 0 Å². The summed E-state index contributed by atoms with van der Waals surface area (Å²) in [7, 11) is 0. The predicted molar refractivity (Wildman–Crippen MR) is 139 cm³/mol. The fourth-order valence-electron chi connectivity index (χ4n) is 4.93. The van der Waals surface area contributed by atoms with Crippen molar-refractivity contribution in [3.63, 3.8) is 0 Å². The predicted octanol–water partition coefficient (Wildman–Crippen LogP) is 5.50. The van der Waals surface area contributed by atoms with Gasteiger partial charge in [-0.2, -0.15) is 0 Å². The standard InChI is InChI=1S/C29H26N4O3/c1-3-7-26-30-28-18(2)8-6-10-24(28)33(26)16-19-12-13-21-20(14-19)17-35-25-11-5-4-9-22(25)23(21)15-27-31-32-29(34)36-27/h4-6,8-15H,3,7,16-17H2,1-2H3,(H,32,34). The highest BCUT2D eigenvalue weighted by molar-refractivity contribution is 5.93. The Kier molecular flexibility index (Phi) is 5.52. The molecule has 180 valence electrons. The summed E-state index contributed by atoms with van der Waals surface area (Å²) < 4.78 is 13.7. The zero-order valence-corrected chi connectivity index (χ0v) is 20.2. The van der Waals surface area contributed by atoms with Gasteiger partial charge >= 0.3 is 5.76 Å². The van der Waals surface area contributed by atoms with Crippen LogP contribution in [0.4, 0.5) is 0 Å². The zero-order valence-electron chi connectivity index (χ0n) is 20.2. The molecule has 3 aromatic carbocycles. The Hall–Kier alpha value is -4.39. The normalized spacial score (nSPS) is 13.9. The van der Waals surface area contributed by atoms with E-state index in [1.807, 2.05) is 24.3 Å². The molecule has 1 N–H and O–H groups in total. The summed E-state index contributed by atoms with van der Waals surface area (Å²) >= 11 is 0. The first-order valence-corrected chi connectivity index (χ1v) is 12.2. The van der Waals surface area contributed by atoms with Crippen LogP contribution in [0.1, 0.15) is 52.9 Å². The molecule has 6 rings (SSSR count). The molecule has 1 aliphatic rings. The van der Waals surface area contributed by atoms with Gasteiger partial charge in [-0.15, -0.1) is 5.10 Å². The summed E-state index contributed by atoms with van der Waals surface area (Å²) in [5, 5.41) is 6.32. The molecule has 1 aliphatic heterocycles. The molecule has 0 radical (unpaired) electrons. The number of rotatable bonds is 5. The van der Waals surface area contributed by atoms with Crippen molar-refractivity contribution >= 4 is 22.7 Å². The Bertz CT molecular complexity index is 1670. The quantitative estimate of drug-likeness (QED) is 0.360. The molecule has 0 unspecified atom stereocenters. The van der Waals surface area contributed by atoms with Gasteiger partial charge in [-0.1, -0.05) is 49.4 Å². The highest BCUT2D eigenvalue weighted by Crippen LogP contribution is 2.38. The van der Waals surface area contributed by atoms with E-state index in [4.69, 9.17) is 14.1 Å². The maximum atomic E-state index is 11.5. The smallest absolute Gasteiger partial charge is 0.434 e. The fraction of sp³-hybridized carbons (Fsp3) is 0.207. The number of nitrogens with one attached hydrogen (secondary N) is 1. The van der Waals surface area contributed by atoms with Crippen LogP contribution in [0.2, 0.25) is 0 Å². The number of para-hydroxylation sites is 2. The van der Waals surface area contributed by atoms with Crippen molar-refractivity contribution in [2.45, 2.75) is 39.8 Å². The van der Waals surface area contributed by atoms with E-state index < -0.39 is 5.76 Å². The minimum absolute atomic E-state index is 0.228. The van der Waals surface area contributed by atoms with Crippen LogP contribution in [-0.4, -0.2) is 19.7 Å². The molecule has 7 nitrogen and oxygen atoms in total. The monoisotopic (exact) mass is 478 g/mol. The van der Waals surface area contributed by atoms with E-state index in [1.165, 1.54) is 11.1 Å². The summed E-state index contributed by atoms with van der Waals surface area (Å²) in [6.45, 7) is 5.46. The lowest BCUT2D eigenvalue weighted by molar-refractivity contribution is 0.307. The summed E-state index contributed by atoms with van der Waals surface area (Å²) in [4.78, 5) is 16.5. The van der Waals surface area contributed by atoms with Crippen LogP contribution in [0.25, 0.3) is 22.7 Å². The molecule has 0 aliphatic carbocycles. The Morgan fingerprint density at radius 1 is 1.08 bits per heavy atom. The number of H-pyrrole nitrogens is 1. The van der Waals surface area contributed by atoms with Gasteiger partial charge in [-0.05, 0) is 59.4 Å². The number of hydrogen-bond acceptors (Lipinski definition) is 5. The summed E-state index contributed by atoms with van der Waals surface area (Å²) in [5.41, 5.74) is 8.50. The molecular formula is C29H26N4O3. The van der Waals surface area contributed by atoms with Gasteiger partial charge in [-0.3, -0.25) is 0 Å². The Morgan fingerprint density at radius 3 is 2.81 bits per heavy atom. The van der Waals surface area contributed by atoms with E-state index in [-0.39, 0.29) is 5.89 Å². The van der Waals surface area contributed by atoms with Crippen molar-refractivity contribution in [2.24, 2.45) is 0 Å². The van der Waals surface area contributed by atoms with Gasteiger partial charge in [0.05, 0.1) is 11.0 Å². The molecule has 2 aromatic heterocycles. The van der Waals surface area contributed by atoms with Crippen molar-refractivity contribution in [3.8, 4) is 5.75 Å². The number of aromatic amines is 1. The van der Waals surface area contributed by atoms with E-state index in [0.29, 0.717) is 6.61 Å². The Balaban J connectivity index is 1.45. The van der Waals surface area contributed by atoms with Gasteiger partial charge in [0.2, 0.25) is 5.89 Å². The number of fused-ring (bicyclic) bond motifs is 3. The molecule has 36 heavy (non-hydrogen) atoms. The Morgan fingerprint density at radius 2 is 1.97 bits per heavy atom. The summed E-state index contributed by atoms with van der Waals surface area (Å²) in [5.74, 6) is 1.53. The second-order valence-electron chi connectivity index (χ2n) is 9.09. The second-order valence-corrected chi connectivity index (χ2v) is 9.09. The minimum atomic E-state index is -0.582. The average molecular weight is 479 g/mol. The number of aryl methyl sites for hydroxylation is 2. The van der Waals surface area contributed by atoms with E-state index in [0.717, 1.165) is 64.3 Å². The summed E-state index contributed by atoms with van der Waals surface area (Å²) in [6.07, 6.45) is 3.75. The number of nitrogens with zero attached hydrogens (tertiary/aromatic N) is 3. The Labute approximate surface area is 208 Å². The number of hydrogen-bond donors (Lipinski definition) is 1. The highest BCUT2D eigenvalue weighted by atomic mass is 16.5. The van der Waals surface area contributed by atoms with Crippen LogP contribution in [-0.2, 0) is 19.6 Å². The van der Waals surface area contributed by atoms with Crippen LogP contribution in [0, 0.1) is 6.92 Å². The molecule has 0 saturated carbocycles. The van der Waals surface area contributed by atoms with E-state index in [9.17, 15) is 4.79 Å². The first-order chi connectivity index (χ1) is 17.6.